The maximum absolute atomic E-state index is 10.7. The van der Waals surface area contributed by atoms with Gasteiger partial charge in [-0.1, -0.05) is 23.2 Å². The van der Waals surface area contributed by atoms with Crippen molar-refractivity contribution in [2.75, 3.05) is 6.61 Å². The predicted octanol–water partition coefficient (Wildman–Crippen LogP) is 1.02. The molecule has 0 aliphatic carbocycles. The van der Waals surface area contributed by atoms with Crippen molar-refractivity contribution in [1.82, 2.24) is 0 Å². The lowest BCUT2D eigenvalue weighted by Gasteiger charge is -1.95. The van der Waals surface area contributed by atoms with Crippen LogP contribution in [0, 0.1) is 0 Å². The van der Waals surface area contributed by atoms with E-state index in [-0.39, 0.29) is 6.61 Å². The minimum Gasteiger partial charge on any atom is -0.457 e. The molecule has 0 saturated heterocycles. The molecule has 0 bridgehead atoms. The number of nitrogens with zero attached hydrogens (tertiary/aromatic N) is 2. The number of carbonyl (C=O) groups excluding carboxylic acids is 1. The van der Waals surface area contributed by atoms with E-state index >= 15 is 0 Å². The van der Waals surface area contributed by atoms with Crippen molar-refractivity contribution in [3.05, 3.63) is 5.53 Å². The van der Waals surface area contributed by atoms with Crippen LogP contribution in [-0.2, 0) is 9.53 Å². The monoisotopic (exact) mass is 196 g/mol. The number of carbonyl (C=O) groups is 1. The van der Waals surface area contributed by atoms with Gasteiger partial charge in [0.1, 0.15) is 0 Å². The molecule has 0 N–H and O–H groups in total. The zero-order valence-electron chi connectivity index (χ0n) is 5.75. The molecule has 0 aromatic carbocycles. The fraction of sp³-hybridized carbons (Fsp3) is 0.600. The molecule has 0 aliphatic rings. The first kappa shape index (κ1) is 10.4. The SMILES string of the molecule is CCOC(=O)C(=[N+]=[N-])C(Cl)Cl. The van der Waals surface area contributed by atoms with Gasteiger partial charge >= 0.3 is 11.7 Å². The van der Waals surface area contributed by atoms with E-state index in [0.717, 1.165) is 0 Å². The van der Waals surface area contributed by atoms with Crippen molar-refractivity contribution in [2.45, 2.75) is 11.8 Å². The van der Waals surface area contributed by atoms with Crippen LogP contribution in [0.3, 0.4) is 0 Å². The van der Waals surface area contributed by atoms with Crippen LogP contribution in [0.1, 0.15) is 6.92 Å². The van der Waals surface area contributed by atoms with E-state index in [1.807, 2.05) is 0 Å². The van der Waals surface area contributed by atoms with E-state index in [1.54, 1.807) is 6.92 Å². The number of ether oxygens (including phenoxy) is 1. The van der Waals surface area contributed by atoms with E-state index in [4.69, 9.17) is 28.7 Å². The summed E-state index contributed by atoms with van der Waals surface area (Å²) < 4.78 is 4.46. The van der Waals surface area contributed by atoms with Crippen molar-refractivity contribution in [3.8, 4) is 0 Å². The molecule has 0 fully saturated rings. The Kier molecular flexibility index (Phi) is 4.86. The Hall–Kier alpha value is -0.570. The maximum atomic E-state index is 10.7. The first-order valence-corrected chi connectivity index (χ1v) is 3.68. The molecule has 0 unspecified atom stereocenters. The largest absolute Gasteiger partial charge is 0.457 e. The molecule has 0 aromatic rings. The third kappa shape index (κ3) is 3.37. The van der Waals surface area contributed by atoms with Crippen molar-refractivity contribution in [2.24, 2.45) is 0 Å². The highest BCUT2D eigenvalue weighted by Crippen LogP contribution is 2.03. The van der Waals surface area contributed by atoms with Gasteiger partial charge in [-0.2, -0.15) is 4.79 Å². The minimum absolute atomic E-state index is 0.179. The number of esters is 1. The third-order valence-corrected chi connectivity index (χ3v) is 1.21. The zero-order chi connectivity index (χ0) is 8.85. The summed E-state index contributed by atoms with van der Waals surface area (Å²) in [5, 5.41) is 0. The molecule has 11 heavy (non-hydrogen) atoms. The van der Waals surface area contributed by atoms with Crippen LogP contribution in [0.2, 0.25) is 0 Å². The lowest BCUT2D eigenvalue weighted by atomic mass is 10.4. The lowest BCUT2D eigenvalue weighted by molar-refractivity contribution is -0.139. The van der Waals surface area contributed by atoms with Crippen LogP contribution in [0.5, 0.6) is 0 Å². The van der Waals surface area contributed by atoms with E-state index in [0.29, 0.717) is 0 Å². The first-order chi connectivity index (χ1) is 5.13. The molecule has 0 heterocycles. The molecule has 0 spiro atoms. The van der Waals surface area contributed by atoms with Gasteiger partial charge in [0.25, 0.3) is 0 Å². The summed E-state index contributed by atoms with van der Waals surface area (Å²) in [5.74, 6) is -0.815. The number of halogens is 2. The first-order valence-electron chi connectivity index (χ1n) is 2.80. The summed E-state index contributed by atoms with van der Waals surface area (Å²) in [6.45, 7) is 1.79. The second-order valence-electron chi connectivity index (χ2n) is 1.51. The Bertz CT molecular complexity index is 199. The molecule has 0 radical (unpaired) electrons. The number of hydrogen-bond donors (Lipinski definition) is 0. The van der Waals surface area contributed by atoms with Gasteiger partial charge in [0.15, 0.2) is 0 Å². The smallest absolute Gasteiger partial charge is 0.419 e. The van der Waals surface area contributed by atoms with E-state index in [2.05, 4.69) is 9.53 Å². The van der Waals surface area contributed by atoms with Crippen LogP contribution < -0.4 is 0 Å². The van der Waals surface area contributed by atoms with Gasteiger partial charge in [0, 0.05) is 0 Å². The molecule has 4 nitrogen and oxygen atoms in total. The van der Waals surface area contributed by atoms with Gasteiger partial charge in [-0.25, -0.2) is 4.79 Å². The summed E-state index contributed by atoms with van der Waals surface area (Å²) in [7, 11) is 0. The molecule has 0 atom stereocenters. The second-order valence-corrected chi connectivity index (χ2v) is 2.60. The fourth-order valence-corrected chi connectivity index (χ4v) is 0.644. The average Bonchev–Trinajstić information content (AvgIpc) is 1.88. The predicted molar refractivity (Wildman–Crippen MR) is 40.8 cm³/mol. The highest BCUT2D eigenvalue weighted by atomic mass is 35.5. The van der Waals surface area contributed by atoms with Gasteiger partial charge in [-0.15, -0.1) is 0 Å². The Balaban J connectivity index is 4.29. The Morgan fingerprint density at radius 1 is 1.73 bits per heavy atom. The average molecular weight is 197 g/mol. The summed E-state index contributed by atoms with van der Waals surface area (Å²) in [6, 6.07) is 0. The molecule has 0 amide bonds. The van der Waals surface area contributed by atoms with E-state index in [1.165, 1.54) is 0 Å². The topological polar surface area (TPSA) is 62.7 Å². The molecular weight excluding hydrogens is 191 g/mol. The van der Waals surface area contributed by atoms with Gasteiger partial charge in [-0.05, 0) is 6.92 Å². The number of hydrogen-bond acceptors (Lipinski definition) is 2. The van der Waals surface area contributed by atoms with Crippen molar-refractivity contribution >= 4 is 34.9 Å². The summed E-state index contributed by atoms with van der Waals surface area (Å²) in [6.07, 6.45) is 0. The van der Waals surface area contributed by atoms with E-state index in [9.17, 15) is 4.79 Å². The quantitative estimate of drug-likeness (QED) is 0.223. The second kappa shape index (κ2) is 5.13. The van der Waals surface area contributed by atoms with Crippen LogP contribution in [-0.4, -0.2) is 27.9 Å². The molecule has 0 aliphatic heterocycles. The minimum atomic E-state index is -1.17. The number of alkyl halides is 2. The normalized spacial score (nSPS) is 9.09. The highest BCUT2D eigenvalue weighted by molar-refractivity contribution is 6.62. The maximum Gasteiger partial charge on any atom is 0.419 e. The molecular formula is C5H6Cl2N2O2. The Morgan fingerprint density at radius 2 is 2.27 bits per heavy atom. The third-order valence-electron chi connectivity index (χ3n) is 0.799. The molecule has 0 rings (SSSR count). The van der Waals surface area contributed by atoms with Gasteiger partial charge in [0.2, 0.25) is 4.84 Å². The molecule has 62 valence electrons. The van der Waals surface area contributed by atoms with Gasteiger partial charge < -0.3 is 10.3 Å². The van der Waals surface area contributed by atoms with Crippen LogP contribution in [0.4, 0.5) is 0 Å². The standard InChI is InChI=1S/C5H6Cl2N2O2/c1-2-11-5(10)3(9-8)4(6)7/h4H,2H2,1H3. The highest BCUT2D eigenvalue weighted by Gasteiger charge is 2.28. The zero-order valence-corrected chi connectivity index (χ0v) is 7.26. The Labute approximate surface area is 73.7 Å². The number of rotatable bonds is 3. The van der Waals surface area contributed by atoms with Crippen LogP contribution in [0.25, 0.3) is 5.53 Å². The van der Waals surface area contributed by atoms with Crippen LogP contribution >= 0.6 is 23.2 Å². The Morgan fingerprint density at radius 3 is 2.55 bits per heavy atom. The molecule has 0 aromatic heterocycles. The van der Waals surface area contributed by atoms with E-state index < -0.39 is 16.5 Å². The summed E-state index contributed by atoms with van der Waals surface area (Å²) in [4.78, 5) is 12.2. The van der Waals surface area contributed by atoms with Gasteiger partial charge in [0.05, 0.1) is 6.61 Å². The van der Waals surface area contributed by atoms with Crippen molar-refractivity contribution in [3.63, 3.8) is 0 Å². The molecule has 0 saturated carbocycles. The van der Waals surface area contributed by atoms with Crippen molar-refractivity contribution in [1.29, 1.82) is 0 Å². The molecule has 6 heteroatoms. The summed E-state index contributed by atoms with van der Waals surface area (Å²) >= 11 is 10.5. The van der Waals surface area contributed by atoms with Crippen molar-refractivity contribution < 1.29 is 14.3 Å². The summed E-state index contributed by atoms with van der Waals surface area (Å²) in [5.41, 5.74) is 7.80. The fourth-order valence-electron chi connectivity index (χ4n) is 0.379. The van der Waals surface area contributed by atoms with Crippen LogP contribution in [0.15, 0.2) is 0 Å². The lowest BCUT2D eigenvalue weighted by Crippen LogP contribution is -2.24. The van der Waals surface area contributed by atoms with Gasteiger partial charge in [-0.3, -0.25) is 0 Å².